The maximum Gasteiger partial charge on any atom is 0.293 e. The second-order valence-electron chi connectivity index (χ2n) is 8.65. The number of carbonyl (C=O) groups is 3. The zero-order valence-corrected chi connectivity index (χ0v) is 22.3. The third-order valence-electron chi connectivity index (χ3n) is 6.08. The summed E-state index contributed by atoms with van der Waals surface area (Å²) in [5.41, 5.74) is 2.80. The van der Waals surface area contributed by atoms with Crippen LogP contribution >= 0.6 is 27.7 Å². The summed E-state index contributed by atoms with van der Waals surface area (Å²) in [4.78, 5) is 40.0. The topological polar surface area (TPSA) is 84.5 Å². The average Bonchev–Trinajstić information content (AvgIpc) is 3.59. The van der Waals surface area contributed by atoms with Gasteiger partial charge in [-0.15, -0.1) is 0 Å². The van der Waals surface area contributed by atoms with Crippen LogP contribution in [0.2, 0.25) is 0 Å². The Morgan fingerprint density at radius 2 is 1.92 bits per heavy atom. The predicted molar refractivity (Wildman–Crippen MR) is 148 cm³/mol. The molecule has 1 saturated heterocycles. The molecule has 0 radical (unpaired) electrons. The zero-order chi connectivity index (χ0) is 25.8. The van der Waals surface area contributed by atoms with Crippen LogP contribution in [0.3, 0.4) is 0 Å². The number of fused-ring (bicyclic) bond motifs is 1. The Balaban J connectivity index is 1.32. The van der Waals surface area contributed by atoms with Gasteiger partial charge in [0.25, 0.3) is 11.1 Å². The van der Waals surface area contributed by atoms with Crippen molar-refractivity contribution in [2.45, 2.75) is 25.9 Å². The van der Waals surface area contributed by atoms with Crippen LogP contribution in [-0.2, 0) is 29.1 Å². The van der Waals surface area contributed by atoms with Gasteiger partial charge in [0.2, 0.25) is 5.91 Å². The number of aryl methyl sites for hydroxylation is 1. The van der Waals surface area contributed by atoms with Crippen LogP contribution in [0.15, 0.2) is 86.9 Å². The summed E-state index contributed by atoms with van der Waals surface area (Å²) in [7, 11) is 0. The molecular formula is C28H24BrN3O4S. The van der Waals surface area contributed by atoms with E-state index in [1.54, 1.807) is 24.5 Å². The quantitative estimate of drug-likeness (QED) is 0.247. The third kappa shape index (κ3) is 5.89. The van der Waals surface area contributed by atoms with Gasteiger partial charge in [-0.3, -0.25) is 19.3 Å². The molecule has 0 aliphatic carbocycles. The second kappa shape index (κ2) is 11.2. The van der Waals surface area contributed by atoms with Gasteiger partial charge in [-0.25, -0.2) is 0 Å². The van der Waals surface area contributed by atoms with Crippen LogP contribution in [0.4, 0.5) is 4.79 Å². The molecule has 0 saturated carbocycles. The minimum atomic E-state index is -0.282. The van der Waals surface area contributed by atoms with Gasteiger partial charge in [-0.1, -0.05) is 46.3 Å². The number of amides is 3. The van der Waals surface area contributed by atoms with Gasteiger partial charge in [0.15, 0.2) is 0 Å². The summed E-state index contributed by atoms with van der Waals surface area (Å²) >= 11 is 4.46. The van der Waals surface area contributed by atoms with Crippen molar-refractivity contribution in [2.24, 2.45) is 0 Å². The molecule has 1 N–H and O–H groups in total. The number of hydrogen-bond acceptors (Lipinski definition) is 5. The summed E-state index contributed by atoms with van der Waals surface area (Å²) in [6.45, 7) is 0.786. The lowest BCUT2D eigenvalue weighted by molar-refractivity contribution is -0.123. The fourth-order valence-corrected chi connectivity index (χ4v) is 5.49. The molecule has 0 bridgehead atoms. The van der Waals surface area contributed by atoms with Gasteiger partial charge >= 0.3 is 0 Å². The van der Waals surface area contributed by atoms with E-state index in [0.717, 1.165) is 39.1 Å². The summed E-state index contributed by atoms with van der Waals surface area (Å²) in [5, 5.41) is 3.48. The van der Waals surface area contributed by atoms with Crippen LogP contribution in [0.1, 0.15) is 23.3 Å². The van der Waals surface area contributed by atoms with Crippen molar-refractivity contribution >= 4 is 61.7 Å². The summed E-state index contributed by atoms with van der Waals surface area (Å²) in [5.74, 6) is 0.228. The Morgan fingerprint density at radius 3 is 2.70 bits per heavy atom. The molecule has 7 nitrogen and oxygen atoms in total. The van der Waals surface area contributed by atoms with Crippen molar-refractivity contribution in [1.29, 1.82) is 0 Å². The first kappa shape index (κ1) is 25.1. The van der Waals surface area contributed by atoms with Gasteiger partial charge in [-0.05, 0) is 66.6 Å². The van der Waals surface area contributed by atoms with Crippen molar-refractivity contribution in [3.05, 3.63) is 99.4 Å². The molecule has 4 aromatic rings. The Labute approximate surface area is 226 Å². The lowest BCUT2D eigenvalue weighted by Crippen LogP contribution is -2.29. The molecule has 5 rings (SSSR count). The first-order valence-corrected chi connectivity index (χ1v) is 13.5. The Bertz CT molecular complexity index is 1480. The van der Waals surface area contributed by atoms with Gasteiger partial charge in [0, 0.05) is 33.7 Å². The van der Waals surface area contributed by atoms with E-state index in [4.69, 9.17) is 4.42 Å². The van der Waals surface area contributed by atoms with Crippen LogP contribution in [0.25, 0.3) is 17.0 Å². The van der Waals surface area contributed by atoms with E-state index < -0.39 is 0 Å². The fourth-order valence-electron chi connectivity index (χ4n) is 4.27. The predicted octanol–water partition coefficient (Wildman–Crippen LogP) is 5.98. The van der Waals surface area contributed by atoms with E-state index in [2.05, 4.69) is 21.2 Å². The van der Waals surface area contributed by atoms with E-state index in [0.29, 0.717) is 30.2 Å². The van der Waals surface area contributed by atoms with E-state index >= 15 is 0 Å². The molecule has 3 heterocycles. The molecule has 9 heteroatoms. The van der Waals surface area contributed by atoms with Gasteiger partial charge in [0.05, 0.1) is 17.7 Å². The molecule has 2 aromatic carbocycles. The number of furan rings is 1. The lowest BCUT2D eigenvalue weighted by Gasteiger charge is -2.12. The molecule has 188 valence electrons. The number of imide groups is 1. The van der Waals surface area contributed by atoms with Crippen LogP contribution in [-0.4, -0.2) is 33.1 Å². The molecule has 0 spiro atoms. The van der Waals surface area contributed by atoms with E-state index in [-0.39, 0.29) is 23.6 Å². The first-order valence-electron chi connectivity index (χ1n) is 11.8. The molecule has 3 amide bonds. The SMILES string of the molecule is O=C(Cn1cc(/C=C2\SC(=O)N(CCCc3ccccc3)C2=O)c2cc(Br)ccc21)NCc1ccco1. The minimum Gasteiger partial charge on any atom is -0.467 e. The molecular weight excluding hydrogens is 554 g/mol. The third-order valence-corrected chi connectivity index (χ3v) is 7.48. The smallest absolute Gasteiger partial charge is 0.293 e. The molecule has 0 atom stereocenters. The normalized spacial score (nSPS) is 14.7. The summed E-state index contributed by atoms with van der Waals surface area (Å²) in [6, 6.07) is 19.4. The van der Waals surface area contributed by atoms with E-state index in [1.807, 2.05) is 59.3 Å². The zero-order valence-electron chi connectivity index (χ0n) is 19.9. The van der Waals surface area contributed by atoms with Crippen molar-refractivity contribution in [3.63, 3.8) is 0 Å². The number of halogens is 1. The maximum atomic E-state index is 13.1. The standard InChI is InChI=1S/C28H24BrN3O4S/c29-21-10-11-24-23(15-21)20(17-31(24)18-26(33)30-16-22-9-5-13-36-22)14-25-27(34)32(28(35)37-25)12-4-8-19-6-2-1-3-7-19/h1-3,5-7,9-11,13-15,17H,4,8,12,16,18H2,(H,30,33)/b25-14-. The molecule has 0 unspecified atom stereocenters. The Kier molecular flexibility index (Phi) is 7.62. The average molecular weight is 578 g/mol. The fraction of sp³-hybridized carbons (Fsp3) is 0.179. The van der Waals surface area contributed by atoms with Crippen molar-refractivity contribution in [2.75, 3.05) is 6.54 Å². The number of benzene rings is 2. The van der Waals surface area contributed by atoms with Gasteiger partial charge in [0.1, 0.15) is 12.3 Å². The maximum absolute atomic E-state index is 13.1. The highest BCUT2D eigenvalue weighted by Crippen LogP contribution is 2.35. The Hall–Kier alpha value is -3.56. The number of thioether (sulfide) groups is 1. The highest BCUT2D eigenvalue weighted by molar-refractivity contribution is 9.10. The summed E-state index contributed by atoms with van der Waals surface area (Å²) in [6.07, 6.45) is 6.65. The number of rotatable bonds is 9. The van der Waals surface area contributed by atoms with Crippen LogP contribution in [0.5, 0.6) is 0 Å². The molecule has 1 aliphatic rings. The number of hydrogen-bond donors (Lipinski definition) is 1. The molecule has 1 fully saturated rings. The number of nitrogens with zero attached hydrogens (tertiary/aromatic N) is 2. The van der Waals surface area contributed by atoms with E-state index in [9.17, 15) is 14.4 Å². The van der Waals surface area contributed by atoms with Gasteiger partial charge < -0.3 is 14.3 Å². The second-order valence-corrected chi connectivity index (χ2v) is 10.6. The minimum absolute atomic E-state index is 0.105. The van der Waals surface area contributed by atoms with Crippen molar-refractivity contribution in [3.8, 4) is 0 Å². The lowest BCUT2D eigenvalue weighted by atomic mass is 10.1. The highest BCUT2D eigenvalue weighted by atomic mass is 79.9. The van der Waals surface area contributed by atoms with Crippen molar-refractivity contribution in [1.82, 2.24) is 14.8 Å². The van der Waals surface area contributed by atoms with Crippen LogP contribution in [0, 0.1) is 0 Å². The summed E-state index contributed by atoms with van der Waals surface area (Å²) < 4.78 is 7.99. The molecule has 1 aliphatic heterocycles. The molecule has 2 aromatic heterocycles. The largest absolute Gasteiger partial charge is 0.467 e. The van der Waals surface area contributed by atoms with E-state index in [1.165, 1.54) is 10.5 Å². The highest BCUT2D eigenvalue weighted by Gasteiger charge is 2.34. The van der Waals surface area contributed by atoms with Crippen molar-refractivity contribution < 1.29 is 18.8 Å². The Morgan fingerprint density at radius 1 is 1.08 bits per heavy atom. The number of nitrogens with one attached hydrogen (secondary N) is 1. The first-order chi connectivity index (χ1) is 18.0. The number of aromatic nitrogens is 1. The molecule has 37 heavy (non-hydrogen) atoms. The monoisotopic (exact) mass is 577 g/mol. The number of carbonyl (C=O) groups excluding carboxylic acids is 3. The van der Waals surface area contributed by atoms with Gasteiger partial charge in [-0.2, -0.15) is 0 Å². The van der Waals surface area contributed by atoms with Crippen LogP contribution < -0.4 is 5.32 Å².